The molecule has 122 valence electrons. The van der Waals surface area contributed by atoms with Crippen LogP contribution < -0.4 is 0 Å². The Morgan fingerprint density at radius 3 is 2.83 bits per heavy atom. The number of rotatable bonds is 5. The lowest BCUT2D eigenvalue weighted by Gasteiger charge is -2.21. The summed E-state index contributed by atoms with van der Waals surface area (Å²) in [6.07, 6.45) is 10.4. The molecule has 0 spiro atoms. The number of halogens is 1. The van der Waals surface area contributed by atoms with E-state index in [0.717, 1.165) is 23.2 Å². The van der Waals surface area contributed by atoms with Crippen molar-refractivity contribution in [2.24, 2.45) is 5.92 Å². The lowest BCUT2D eigenvalue weighted by Crippen LogP contribution is -2.14. The summed E-state index contributed by atoms with van der Waals surface area (Å²) in [7, 11) is 0. The van der Waals surface area contributed by atoms with Gasteiger partial charge in [0.25, 0.3) is 0 Å². The molecule has 1 aromatic heterocycles. The van der Waals surface area contributed by atoms with Crippen LogP contribution in [-0.2, 0) is 17.8 Å². The molecular formula is C18H21ClN2O2. The summed E-state index contributed by atoms with van der Waals surface area (Å²) in [6.45, 7) is 0.951. The molecule has 3 rings (SSSR count). The first-order chi connectivity index (χ1) is 11.1. The molecule has 0 amide bonds. The maximum atomic E-state index is 10.9. The Bertz CT molecular complexity index is 690. The normalized spacial score (nSPS) is 15.7. The number of hydrogen-bond acceptors (Lipinski definition) is 2. The highest BCUT2D eigenvalue weighted by atomic mass is 35.5. The van der Waals surface area contributed by atoms with E-state index < -0.39 is 5.97 Å². The average molecular weight is 333 g/mol. The summed E-state index contributed by atoms with van der Waals surface area (Å²) < 4.78 is 1.99. The van der Waals surface area contributed by atoms with Gasteiger partial charge in [0.15, 0.2) is 0 Å². The van der Waals surface area contributed by atoms with Crippen LogP contribution in [0, 0.1) is 5.92 Å². The molecule has 1 aliphatic rings. The molecule has 0 saturated heterocycles. The molecule has 1 saturated carbocycles. The van der Waals surface area contributed by atoms with Crippen molar-refractivity contribution < 1.29 is 9.90 Å². The number of benzene rings is 1. The van der Waals surface area contributed by atoms with E-state index in [9.17, 15) is 4.79 Å². The van der Waals surface area contributed by atoms with Gasteiger partial charge in [0.2, 0.25) is 0 Å². The largest absolute Gasteiger partial charge is 0.481 e. The van der Waals surface area contributed by atoms with E-state index >= 15 is 0 Å². The maximum absolute atomic E-state index is 10.9. The minimum absolute atomic E-state index is 0.000377. The Hall–Kier alpha value is -1.81. The minimum atomic E-state index is -0.841. The third-order valence-corrected chi connectivity index (χ3v) is 4.83. The van der Waals surface area contributed by atoms with Gasteiger partial charge in [0, 0.05) is 28.9 Å². The Labute approximate surface area is 141 Å². The molecule has 2 aromatic rings. The van der Waals surface area contributed by atoms with E-state index in [4.69, 9.17) is 16.7 Å². The highest BCUT2D eigenvalue weighted by Crippen LogP contribution is 2.30. The monoisotopic (exact) mass is 332 g/mol. The van der Waals surface area contributed by atoms with Crippen molar-refractivity contribution in [2.75, 3.05) is 0 Å². The van der Waals surface area contributed by atoms with Gasteiger partial charge in [-0.25, -0.2) is 0 Å². The first kappa shape index (κ1) is 16.1. The number of nitrogens with zero attached hydrogens (tertiary/aromatic N) is 2. The van der Waals surface area contributed by atoms with Gasteiger partial charge >= 0.3 is 5.97 Å². The summed E-state index contributed by atoms with van der Waals surface area (Å²) in [5, 5.41) is 14.0. The van der Waals surface area contributed by atoms with Crippen LogP contribution >= 0.6 is 11.6 Å². The van der Waals surface area contributed by atoms with Gasteiger partial charge in [-0.15, -0.1) is 0 Å². The maximum Gasteiger partial charge on any atom is 0.307 e. The van der Waals surface area contributed by atoms with Gasteiger partial charge in [-0.3, -0.25) is 9.48 Å². The van der Waals surface area contributed by atoms with Crippen LogP contribution in [0.25, 0.3) is 11.1 Å². The standard InChI is InChI=1S/C18H21ClN2O2/c19-17-7-6-14(9-18(22)23)8-16(17)15-10-20-21(12-15)11-13-4-2-1-3-5-13/h6-8,10,12-13H,1-5,9,11H2,(H,22,23). The van der Waals surface area contributed by atoms with Gasteiger partial charge in [-0.2, -0.15) is 5.10 Å². The third kappa shape index (κ3) is 4.14. The summed E-state index contributed by atoms with van der Waals surface area (Å²) in [5.41, 5.74) is 2.54. The molecule has 5 heteroatoms. The number of aliphatic carboxylic acids is 1. The van der Waals surface area contributed by atoms with Crippen LogP contribution in [0.4, 0.5) is 0 Å². The smallest absolute Gasteiger partial charge is 0.307 e. The summed E-state index contributed by atoms with van der Waals surface area (Å²) in [4.78, 5) is 10.9. The Morgan fingerprint density at radius 2 is 2.09 bits per heavy atom. The average Bonchev–Trinajstić information content (AvgIpc) is 2.98. The molecule has 1 heterocycles. The highest BCUT2D eigenvalue weighted by Gasteiger charge is 2.15. The van der Waals surface area contributed by atoms with Crippen LogP contribution in [-0.4, -0.2) is 20.9 Å². The first-order valence-corrected chi connectivity index (χ1v) is 8.52. The van der Waals surface area contributed by atoms with Gasteiger partial charge in [-0.1, -0.05) is 36.9 Å². The van der Waals surface area contributed by atoms with Crippen LogP contribution in [0.15, 0.2) is 30.6 Å². The fourth-order valence-electron chi connectivity index (χ4n) is 3.31. The molecule has 1 aromatic carbocycles. The predicted molar refractivity (Wildman–Crippen MR) is 90.6 cm³/mol. The molecule has 1 fully saturated rings. The van der Waals surface area contributed by atoms with Crippen LogP contribution in [0.3, 0.4) is 0 Å². The van der Waals surface area contributed by atoms with E-state index in [1.165, 1.54) is 32.1 Å². The van der Waals surface area contributed by atoms with Crippen molar-refractivity contribution in [2.45, 2.75) is 45.1 Å². The van der Waals surface area contributed by atoms with Gasteiger partial charge < -0.3 is 5.11 Å². The molecule has 4 nitrogen and oxygen atoms in total. The number of carboxylic acids is 1. The van der Waals surface area contributed by atoms with Crippen LogP contribution in [0.2, 0.25) is 5.02 Å². The topological polar surface area (TPSA) is 55.1 Å². The fraction of sp³-hybridized carbons (Fsp3) is 0.444. The zero-order chi connectivity index (χ0) is 16.2. The molecule has 0 aliphatic heterocycles. The van der Waals surface area contributed by atoms with Crippen molar-refractivity contribution in [3.8, 4) is 11.1 Å². The van der Waals surface area contributed by atoms with Crippen molar-refractivity contribution in [3.63, 3.8) is 0 Å². The molecule has 0 radical (unpaired) electrons. The van der Waals surface area contributed by atoms with E-state index in [2.05, 4.69) is 5.10 Å². The lowest BCUT2D eigenvalue weighted by molar-refractivity contribution is -0.136. The van der Waals surface area contributed by atoms with Crippen LogP contribution in [0.1, 0.15) is 37.7 Å². The van der Waals surface area contributed by atoms with Crippen LogP contribution in [0.5, 0.6) is 0 Å². The zero-order valence-electron chi connectivity index (χ0n) is 13.0. The Kier molecular flexibility index (Phi) is 5.01. The zero-order valence-corrected chi connectivity index (χ0v) is 13.8. The second kappa shape index (κ2) is 7.18. The van der Waals surface area contributed by atoms with E-state index in [1.54, 1.807) is 12.1 Å². The van der Waals surface area contributed by atoms with Gasteiger partial charge in [0.1, 0.15) is 0 Å². The van der Waals surface area contributed by atoms with Crippen molar-refractivity contribution >= 4 is 17.6 Å². The Morgan fingerprint density at radius 1 is 1.30 bits per heavy atom. The quantitative estimate of drug-likeness (QED) is 0.882. The second-order valence-corrected chi connectivity index (χ2v) is 6.75. The summed E-state index contributed by atoms with van der Waals surface area (Å²) in [5.74, 6) is -0.128. The van der Waals surface area contributed by atoms with Gasteiger partial charge in [-0.05, 0) is 36.5 Å². The Balaban J connectivity index is 1.77. The number of hydrogen-bond donors (Lipinski definition) is 1. The molecule has 0 unspecified atom stereocenters. The van der Waals surface area contributed by atoms with Crippen molar-refractivity contribution in [1.82, 2.24) is 9.78 Å². The van der Waals surface area contributed by atoms with E-state index in [0.29, 0.717) is 10.9 Å². The van der Waals surface area contributed by atoms with E-state index in [1.807, 2.05) is 23.1 Å². The van der Waals surface area contributed by atoms with E-state index in [-0.39, 0.29) is 6.42 Å². The summed E-state index contributed by atoms with van der Waals surface area (Å²) in [6, 6.07) is 5.36. The SMILES string of the molecule is O=C(O)Cc1ccc(Cl)c(-c2cnn(CC3CCCCC3)c2)c1. The molecular weight excluding hydrogens is 312 g/mol. The number of aromatic nitrogens is 2. The highest BCUT2D eigenvalue weighted by molar-refractivity contribution is 6.33. The number of carboxylic acid groups (broad SMARTS) is 1. The molecule has 1 aliphatic carbocycles. The second-order valence-electron chi connectivity index (χ2n) is 6.34. The summed E-state index contributed by atoms with van der Waals surface area (Å²) >= 11 is 6.28. The first-order valence-electron chi connectivity index (χ1n) is 8.15. The van der Waals surface area contributed by atoms with Crippen molar-refractivity contribution in [3.05, 3.63) is 41.2 Å². The van der Waals surface area contributed by atoms with Gasteiger partial charge in [0.05, 0.1) is 12.6 Å². The molecule has 0 atom stereocenters. The predicted octanol–water partition coefficient (Wildman–Crippen LogP) is 4.41. The minimum Gasteiger partial charge on any atom is -0.481 e. The fourth-order valence-corrected chi connectivity index (χ4v) is 3.54. The molecule has 0 bridgehead atoms. The van der Waals surface area contributed by atoms with Crippen molar-refractivity contribution in [1.29, 1.82) is 0 Å². The lowest BCUT2D eigenvalue weighted by atomic mass is 9.89. The molecule has 23 heavy (non-hydrogen) atoms. The molecule has 1 N–H and O–H groups in total. The third-order valence-electron chi connectivity index (χ3n) is 4.50. The number of carbonyl (C=O) groups is 1.